The molecule has 3 heterocycles. The Morgan fingerprint density at radius 2 is 2.06 bits per heavy atom. The van der Waals surface area contributed by atoms with Gasteiger partial charge in [-0.1, -0.05) is 35.8 Å². The van der Waals surface area contributed by atoms with Crippen LogP contribution in [0, 0.1) is 5.92 Å². The molecule has 1 aliphatic heterocycles. The highest BCUT2D eigenvalue weighted by molar-refractivity contribution is 9.10. The number of urea groups is 1. The zero-order valence-corrected chi connectivity index (χ0v) is 21.6. The third-order valence-corrected chi connectivity index (χ3v) is 8.24. The summed E-state index contributed by atoms with van der Waals surface area (Å²) in [6.07, 6.45) is 5.45. The van der Waals surface area contributed by atoms with Crippen LogP contribution >= 0.6 is 27.3 Å². The van der Waals surface area contributed by atoms with Crippen LogP contribution in [-0.2, 0) is 19.3 Å². The van der Waals surface area contributed by atoms with Gasteiger partial charge in [-0.2, -0.15) is 0 Å². The van der Waals surface area contributed by atoms with Crippen LogP contribution in [-0.4, -0.2) is 47.1 Å². The molecule has 0 bridgehead atoms. The van der Waals surface area contributed by atoms with Gasteiger partial charge >= 0.3 is 6.03 Å². The SMILES string of the molecule is CCCc1nc(N2CCN(C(=O)Nc3cccc(Br)c3)CC2)c2c3c(sc2n1)C[C@H](C)CC3. The Morgan fingerprint density at radius 3 is 2.82 bits per heavy atom. The lowest BCUT2D eigenvalue weighted by atomic mass is 9.89. The number of hydrogen-bond acceptors (Lipinski definition) is 5. The molecule has 0 saturated carbocycles. The fraction of sp³-hybridized carbons (Fsp3) is 0.480. The second-order valence-electron chi connectivity index (χ2n) is 9.16. The lowest BCUT2D eigenvalue weighted by molar-refractivity contribution is 0.208. The number of halogens is 1. The smallest absolute Gasteiger partial charge is 0.321 e. The number of aromatic nitrogens is 2. The molecular weight excluding hydrogens is 498 g/mol. The fourth-order valence-corrected chi connectivity index (χ4v) is 6.62. The molecule has 3 aromatic rings. The molecular formula is C25H30BrN5OS. The number of rotatable bonds is 4. The number of piperazine rings is 1. The average molecular weight is 529 g/mol. The van der Waals surface area contributed by atoms with E-state index in [1.165, 1.54) is 22.2 Å². The van der Waals surface area contributed by atoms with E-state index in [4.69, 9.17) is 9.97 Å². The topological polar surface area (TPSA) is 61.4 Å². The summed E-state index contributed by atoms with van der Waals surface area (Å²) in [6, 6.07) is 7.66. The summed E-state index contributed by atoms with van der Waals surface area (Å²) in [5.41, 5.74) is 2.28. The number of nitrogens with one attached hydrogen (secondary N) is 1. The van der Waals surface area contributed by atoms with Crippen LogP contribution < -0.4 is 10.2 Å². The van der Waals surface area contributed by atoms with Gasteiger partial charge in [-0.3, -0.25) is 0 Å². The summed E-state index contributed by atoms with van der Waals surface area (Å²) in [5.74, 6) is 2.77. The predicted octanol–water partition coefficient (Wildman–Crippen LogP) is 5.89. The number of nitrogens with zero attached hydrogens (tertiary/aromatic N) is 4. The molecule has 1 aliphatic carbocycles. The fourth-order valence-electron chi connectivity index (χ4n) is 4.82. The van der Waals surface area contributed by atoms with Crippen LogP contribution in [0.3, 0.4) is 0 Å². The van der Waals surface area contributed by atoms with Gasteiger partial charge in [0.05, 0.1) is 5.39 Å². The molecule has 2 aliphatic rings. The number of carbonyl (C=O) groups is 1. The third-order valence-electron chi connectivity index (χ3n) is 6.60. The molecule has 5 rings (SSSR count). The van der Waals surface area contributed by atoms with Crippen molar-refractivity contribution in [2.75, 3.05) is 36.4 Å². The van der Waals surface area contributed by atoms with Crippen molar-refractivity contribution in [1.29, 1.82) is 0 Å². The quantitative estimate of drug-likeness (QED) is 0.459. The molecule has 0 radical (unpaired) electrons. The van der Waals surface area contributed by atoms with E-state index in [1.807, 2.05) is 40.5 Å². The lowest BCUT2D eigenvalue weighted by Crippen LogP contribution is -2.50. The van der Waals surface area contributed by atoms with Gasteiger partial charge in [-0.05, 0) is 55.4 Å². The Bertz CT molecular complexity index is 1170. The zero-order valence-electron chi connectivity index (χ0n) is 19.2. The molecule has 1 N–H and O–H groups in total. The third kappa shape index (κ3) is 4.73. The first kappa shape index (κ1) is 22.6. The lowest BCUT2D eigenvalue weighted by Gasteiger charge is -2.36. The first-order chi connectivity index (χ1) is 16.0. The van der Waals surface area contributed by atoms with E-state index in [1.54, 1.807) is 0 Å². The largest absolute Gasteiger partial charge is 0.352 e. The predicted molar refractivity (Wildman–Crippen MR) is 140 cm³/mol. The summed E-state index contributed by atoms with van der Waals surface area (Å²) < 4.78 is 0.953. The zero-order chi connectivity index (χ0) is 22.9. The second-order valence-corrected chi connectivity index (χ2v) is 11.2. The first-order valence-corrected chi connectivity index (χ1v) is 13.5. The average Bonchev–Trinajstić information content (AvgIpc) is 3.16. The minimum absolute atomic E-state index is 0.0471. The molecule has 0 spiro atoms. The Kier molecular flexibility index (Phi) is 6.56. The number of anilines is 2. The molecule has 1 saturated heterocycles. The summed E-state index contributed by atoms with van der Waals surface area (Å²) in [4.78, 5) is 29.7. The standard InChI is InChI=1S/C25H30BrN5OS/c1-3-5-21-28-23(22-19-9-8-16(2)14-20(19)33-24(22)29-21)30-10-12-31(13-11-30)25(32)27-18-7-4-6-17(26)15-18/h4,6-7,15-16H,3,5,8-14H2,1-2H3,(H,27,32)/t16-/m1/s1. The van der Waals surface area contributed by atoms with Crippen LogP contribution in [0.2, 0.25) is 0 Å². The van der Waals surface area contributed by atoms with E-state index in [-0.39, 0.29) is 6.03 Å². The van der Waals surface area contributed by atoms with Gasteiger partial charge in [0.15, 0.2) is 0 Å². The molecule has 6 nitrogen and oxygen atoms in total. The molecule has 1 atom stereocenters. The van der Waals surface area contributed by atoms with E-state index < -0.39 is 0 Å². The summed E-state index contributed by atoms with van der Waals surface area (Å²) in [7, 11) is 0. The van der Waals surface area contributed by atoms with Gasteiger partial charge in [0, 0.05) is 47.6 Å². The summed E-state index contributed by atoms with van der Waals surface area (Å²) in [6.45, 7) is 7.45. The molecule has 2 aromatic heterocycles. The number of amides is 2. The summed E-state index contributed by atoms with van der Waals surface area (Å²) >= 11 is 5.33. The molecule has 174 valence electrons. The highest BCUT2D eigenvalue weighted by atomic mass is 79.9. The highest BCUT2D eigenvalue weighted by Crippen LogP contribution is 2.41. The minimum atomic E-state index is -0.0471. The highest BCUT2D eigenvalue weighted by Gasteiger charge is 2.28. The molecule has 1 fully saturated rings. The van der Waals surface area contributed by atoms with Crippen molar-refractivity contribution >= 4 is 55.0 Å². The summed E-state index contributed by atoms with van der Waals surface area (Å²) in [5, 5.41) is 4.29. The maximum atomic E-state index is 12.8. The van der Waals surface area contributed by atoms with Gasteiger partial charge in [0.25, 0.3) is 0 Å². The van der Waals surface area contributed by atoms with Crippen molar-refractivity contribution in [2.45, 2.75) is 46.0 Å². The number of benzene rings is 1. The van der Waals surface area contributed by atoms with Crippen molar-refractivity contribution in [3.05, 3.63) is 45.0 Å². The Morgan fingerprint density at radius 1 is 1.24 bits per heavy atom. The first-order valence-electron chi connectivity index (χ1n) is 11.9. The minimum Gasteiger partial charge on any atom is -0.352 e. The Hall–Kier alpha value is -2.19. The maximum absolute atomic E-state index is 12.8. The van der Waals surface area contributed by atoms with Gasteiger partial charge in [-0.25, -0.2) is 14.8 Å². The van der Waals surface area contributed by atoms with Gasteiger partial charge in [0.2, 0.25) is 0 Å². The van der Waals surface area contributed by atoms with Gasteiger partial charge in [0.1, 0.15) is 16.5 Å². The Labute approximate surface area is 207 Å². The molecule has 0 unspecified atom stereocenters. The molecule has 8 heteroatoms. The number of aryl methyl sites for hydroxylation is 2. The van der Waals surface area contributed by atoms with Crippen LogP contribution in [0.1, 0.15) is 43.0 Å². The van der Waals surface area contributed by atoms with Crippen molar-refractivity contribution in [1.82, 2.24) is 14.9 Å². The van der Waals surface area contributed by atoms with E-state index in [9.17, 15) is 4.79 Å². The van der Waals surface area contributed by atoms with E-state index >= 15 is 0 Å². The van der Waals surface area contributed by atoms with E-state index in [0.717, 1.165) is 71.3 Å². The van der Waals surface area contributed by atoms with Crippen molar-refractivity contribution in [2.24, 2.45) is 5.92 Å². The van der Waals surface area contributed by atoms with Gasteiger partial charge < -0.3 is 15.1 Å². The monoisotopic (exact) mass is 527 g/mol. The van der Waals surface area contributed by atoms with Crippen LogP contribution in [0.5, 0.6) is 0 Å². The number of fused-ring (bicyclic) bond motifs is 3. The van der Waals surface area contributed by atoms with Crippen molar-refractivity contribution in [3.63, 3.8) is 0 Å². The number of carbonyl (C=O) groups excluding carboxylic acids is 1. The van der Waals surface area contributed by atoms with Crippen molar-refractivity contribution < 1.29 is 4.79 Å². The molecule has 1 aromatic carbocycles. The van der Waals surface area contributed by atoms with E-state index in [2.05, 4.69) is 40.0 Å². The molecule has 33 heavy (non-hydrogen) atoms. The van der Waals surface area contributed by atoms with Crippen LogP contribution in [0.15, 0.2) is 28.7 Å². The normalized spacial score (nSPS) is 18.5. The van der Waals surface area contributed by atoms with Crippen LogP contribution in [0.4, 0.5) is 16.3 Å². The number of thiophene rings is 1. The maximum Gasteiger partial charge on any atom is 0.321 e. The van der Waals surface area contributed by atoms with Crippen LogP contribution in [0.25, 0.3) is 10.2 Å². The molecule has 2 amide bonds. The Balaban J connectivity index is 1.37. The van der Waals surface area contributed by atoms with E-state index in [0.29, 0.717) is 13.1 Å². The second kappa shape index (κ2) is 9.58. The van der Waals surface area contributed by atoms with Crippen molar-refractivity contribution in [3.8, 4) is 0 Å². The van der Waals surface area contributed by atoms with Gasteiger partial charge in [-0.15, -0.1) is 11.3 Å². The number of hydrogen-bond donors (Lipinski definition) is 1.